The van der Waals surface area contributed by atoms with Crippen LogP contribution in [-0.2, 0) is 10.0 Å². The number of halogens is 2. The molecule has 0 fully saturated rings. The Morgan fingerprint density at radius 1 is 1.00 bits per heavy atom. The summed E-state index contributed by atoms with van der Waals surface area (Å²) in [6, 6.07) is 15.3. The molecule has 0 radical (unpaired) electrons. The second-order valence-electron chi connectivity index (χ2n) is 4.28. The molecule has 0 heterocycles. The Hall–Kier alpha value is -1.62. The number of hydrogen-bond acceptors (Lipinski definition) is 3. The van der Waals surface area contributed by atoms with Crippen LogP contribution in [0, 0.1) is 11.3 Å². The summed E-state index contributed by atoms with van der Waals surface area (Å²) in [6.07, 6.45) is 1.33. The van der Waals surface area contributed by atoms with Gasteiger partial charge in [-0.2, -0.15) is 5.26 Å². The first-order valence-corrected chi connectivity index (χ1v) is 9.13. The van der Waals surface area contributed by atoms with Crippen molar-refractivity contribution in [3.05, 3.63) is 67.9 Å². The normalized spacial score (nSPS) is 11.8. The third-order valence-electron chi connectivity index (χ3n) is 2.66. The fourth-order valence-electron chi connectivity index (χ4n) is 1.61. The van der Waals surface area contributed by atoms with Crippen LogP contribution in [-0.4, -0.2) is 8.42 Å². The minimum absolute atomic E-state index is 0.349. The fraction of sp³-hybridized carbons (Fsp3) is 0. The van der Waals surface area contributed by atoms with Gasteiger partial charge in [-0.3, -0.25) is 4.72 Å². The summed E-state index contributed by atoms with van der Waals surface area (Å²) in [5.74, 6) is 0. The van der Waals surface area contributed by atoms with Crippen LogP contribution in [0.15, 0.2) is 62.4 Å². The average molecular weight is 442 g/mol. The van der Waals surface area contributed by atoms with Gasteiger partial charge in [0.05, 0.1) is 0 Å². The van der Waals surface area contributed by atoms with E-state index in [0.717, 1.165) is 8.95 Å². The molecule has 2 aromatic rings. The zero-order valence-electron chi connectivity index (χ0n) is 11.1. The maximum Gasteiger partial charge on any atom is 0.272 e. The average Bonchev–Trinajstić information content (AvgIpc) is 2.48. The zero-order chi connectivity index (χ0) is 16.2. The number of nitriles is 1. The van der Waals surface area contributed by atoms with Gasteiger partial charge in [0.15, 0.2) is 4.91 Å². The lowest BCUT2D eigenvalue weighted by molar-refractivity contribution is 0.608. The highest BCUT2D eigenvalue weighted by Crippen LogP contribution is 2.20. The number of nitrogens with one attached hydrogen (secondary N) is 1. The van der Waals surface area contributed by atoms with E-state index in [1.165, 1.54) is 6.08 Å². The Kier molecular flexibility index (Phi) is 5.40. The van der Waals surface area contributed by atoms with Gasteiger partial charge in [0.25, 0.3) is 10.0 Å². The molecule has 0 saturated heterocycles. The van der Waals surface area contributed by atoms with Crippen LogP contribution in [0.25, 0.3) is 6.08 Å². The highest BCUT2D eigenvalue weighted by atomic mass is 79.9. The van der Waals surface area contributed by atoms with Crippen LogP contribution in [0.3, 0.4) is 0 Å². The van der Waals surface area contributed by atoms with Crippen molar-refractivity contribution in [3.8, 4) is 6.07 Å². The Balaban J connectivity index is 2.31. The number of allylic oxidation sites excluding steroid dienone is 1. The van der Waals surface area contributed by atoms with Crippen molar-refractivity contribution >= 4 is 53.6 Å². The Morgan fingerprint density at radius 2 is 1.50 bits per heavy atom. The second-order valence-corrected chi connectivity index (χ2v) is 7.77. The summed E-state index contributed by atoms with van der Waals surface area (Å²) < 4.78 is 28.6. The molecule has 0 aliphatic heterocycles. The topological polar surface area (TPSA) is 70.0 Å². The molecule has 0 aromatic heterocycles. The molecule has 0 saturated carbocycles. The van der Waals surface area contributed by atoms with Crippen molar-refractivity contribution in [1.82, 2.24) is 0 Å². The monoisotopic (exact) mass is 440 g/mol. The van der Waals surface area contributed by atoms with Crippen LogP contribution >= 0.6 is 31.9 Å². The van der Waals surface area contributed by atoms with Crippen LogP contribution in [0.2, 0.25) is 0 Å². The van der Waals surface area contributed by atoms with E-state index in [0.29, 0.717) is 11.3 Å². The molecule has 22 heavy (non-hydrogen) atoms. The van der Waals surface area contributed by atoms with Gasteiger partial charge in [0, 0.05) is 14.6 Å². The summed E-state index contributed by atoms with van der Waals surface area (Å²) in [5, 5.41) is 9.15. The molecule has 0 aliphatic rings. The van der Waals surface area contributed by atoms with Crippen LogP contribution in [0.5, 0.6) is 0 Å². The van der Waals surface area contributed by atoms with Gasteiger partial charge in [-0.15, -0.1) is 0 Å². The van der Waals surface area contributed by atoms with Crippen molar-refractivity contribution in [2.75, 3.05) is 4.72 Å². The summed E-state index contributed by atoms with van der Waals surface area (Å²) >= 11 is 6.57. The fourth-order valence-corrected chi connectivity index (χ4v) is 3.10. The third kappa shape index (κ3) is 4.44. The quantitative estimate of drug-likeness (QED) is 0.709. The maximum atomic E-state index is 12.3. The van der Waals surface area contributed by atoms with Crippen molar-refractivity contribution in [2.45, 2.75) is 0 Å². The molecule has 0 aliphatic carbocycles. The number of sulfonamides is 1. The van der Waals surface area contributed by atoms with Gasteiger partial charge in [-0.1, -0.05) is 44.0 Å². The van der Waals surface area contributed by atoms with Gasteiger partial charge >= 0.3 is 0 Å². The molecule has 0 bridgehead atoms. The number of hydrogen-bond donors (Lipinski definition) is 1. The molecule has 0 atom stereocenters. The first kappa shape index (κ1) is 16.7. The molecule has 0 amide bonds. The van der Waals surface area contributed by atoms with Gasteiger partial charge in [-0.25, -0.2) is 8.42 Å². The highest BCUT2D eigenvalue weighted by molar-refractivity contribution is 9.10. The van der Waals surface area contributed by atoms with Gasteiger partial charge in [-0.05, 0) is 48.0 Å². The SMILES string of the molecule is N#C/C(=C\c1ccc(Br)cc1)S(=O)(=O)Nc1ccc(Br)cc1. The van der Waals surface area contributed by atoms with E-state index in [1.54, 1.807) is 54.6 Å². The molecule has 2 rings (SSSR count). The molecule has 1 N–H and O–H groups in total. The lowest BCUT2D eigenvalue weighted by Gasteiger charge is -2.07. The number of benzene rings is 2. The predicted molar refractivity (Wildman–Crippen MR) is 94.4 cm³/mol. The number of anilines is 1. The standard InChI is InChI=1S/C15H10Br2N2O2S/c16-12-3-1-11(2-4-12)9-15(10-18)22(20,21)19-14-7-5-13(17)6-8-14/h1-9,19H/b15-9+. The minimum atomic E-state index is -3.92. The number of nitrogens with zero attached hydrogens (tertiary/aromatic N) is 1. The van der Waals surface area contributed by atoms with E-state index in [4.69, 9.17) is 5.26 Å². The zero-order valence-corrected chi connectivity index (χ0v) is 15.1. The van der Waals surface area contributed by atoms with Crippen molar-refractivity contribution in [2.24, 2.45) is 0 Å². The van der Waals surface area contributed by atoms with Gasteiger partial charge < -0.3 is 0 Å². The van der Waals surface area contributed by atoms with Gasteiger partial charge in [0.1, 0.15) is 6.07 Å². The Labute approximate surface area is 145 Å². The van der Waals surface area contributed by atoms with Gasteiger partial charge in [0.2, 0.25) is 0 Å². The first-order chi connectivity index (χ1) is 10.4. The molecule has 112 valence electrons. The molecular weight excluding hydrogens is 432 g/mol. The van der Waals surface area contributed by atoms with Crippen LogP contribution in [0.1, 0.15) is 5.56 Å². The number of rotatable bonds is 4. The van der Waals surface area contributed by atoms with Crippen LogP contribution in [0.4, 0.5) is 5.69 Å². The summed E-state index contributed by atoms with van der Waals surface area (Å²) in [4.78, 5) is -0.349. The molecular formula is C15H10Br2N2O2S. The first-order valence-electron chi connectivity index (χ1n) is 6.06. The molecule has 2 aromatic carbocycles. The molecule has 0 unspecified atom stereocenters. The minimum Gasteiger partial charge on any atom is -0.279 e. The lowest BCUT2D eigenvalue weighted by Crippen LogP contribution is -2.14. The summed E-state index contributed by atoms with van der Waals surface area (Å²) in [7, 11) is -3.92. The smallest absolute Gasteiger partial charge is 0.272 e. The van der Waals surface area contributed by atoms with Crippen molar-refractivity contribution < 1.29 is 8.42 Å². The van der Waals surface area contributed by atoms with E-state index in [9.17, 15) is 8.42 Å². The van der Waals surface area contributed by atoms with E-state index >= 15 is 0 Å². The van der Waals surface area contributed by atoms with E-state index in [2.05, 4.69) is 36.6 Å². The molecule has 7 heteroatoms. The van der Waals surface area contributed by atoms with Crippen LogP contribution < -0.4 is 4.72 Å². The summed E-state index contributed by atoms with van der Waals surface area (Å²) in [5.41, 5.74) is 1.01. The van der Waals surface area contributed by atoms with E-state index in [-0.39, 0.29) is 4.91 Å². The molecule has 0 spiro atoms. The largest absolute Gasteiger partial charge is 0.279 e. The predicted octanol–water partition coefficient (Wildman–Crippen LogP) is 4.52. The Bertz CT molecular complexity index is 837. The second kappa shape index (κ2) is 7.09. The van der Waals surface area contributed by atoms with Crippen molar-refractivity contribution in [3.63, 3.8) is 0 Å². The third-order valence-corrected chi connectivity index (χ3v) is 5.01. The maximum absolute atomic E-state index is 12.3. The summed E-state index contributed by atoms with van der Waals surface area (Å²) in [6.45, 7) is 0. The van der Waals surface area contributed by atoms with Crippen molar-refractivity contribution in [1.29, 1.82) is 5.26 Å². The Morgan fingerprint density at radius 3 is 2.00 bits per heavy atom. The lowest BCUT2D eigenvalue weighted by atomic mass is 10.2. The van der Waals surface area contributed by atoms with E-state index in [1.807, 2.05) is 0 Å². The van der Waals surface area contributed by atoms with E-state index < -0.39 is 10.0 Å². The highest BCUT2D eigenvalue weighted by Gasteiger charge is 2.17. The molecule has 4 nitrogen and oxygen atoms in total.